The van der Waals surface area contributed by atoms with Crippen LogP contribution in [0.3, 0.4) is 0 Å². The average Bonchev–Trinajstić information content (AvgIpc) is 2.41. The van der Waals surface area contributed by atoms with E-state index in [1.165, 1.54) is 27.9 Å². The molecule has 0 aromatic carbocycles. The maximum absolute atomic E-state index is 11.7. The van der Waals surface area contributed by atoms with E-state index in [4.69, 9.17) is 13.7 Å². The summed E-state index contributed by atoms with van der Waals surface area (Å²) >= 11 is 0. The Hall–Kier alpha value is -0.780. The lowest BCUT2D eigenvalue weighted by atomic mass is 9.62. The molecule has 0 aromatic rings. The van der Waals surface area contributed by atoms with Gasteiger partial charge in [0.2, 0.25) is 5.91 Å². The Morgan fingerprint density at radius 2 is 1.79 bits per heavy atom. The first-order valence-corrected chi connectivity index (χ1v) is 8.80. The van der Waals surface area contributed by atoms with Gasteiger partial charge in [-0.15, -0.1) is 0 Å². The molecule has 5 atom stereocenters. The zero-order chi connectivity index (χ0) is 19.2. The molecule has 10 heteroatoms. The van der Waals surface area contributed by atoms with Crippen LogP contribution in [0.2, 0.25) is 0 Å². The van der Waals surface area contributed by atoms with Gasteiger partial charge in [0, 0.05) is 20.0 Å². The molecule has 1 saturated heterocycles. The predicted octanol–water partition coefficient (Wildman–Crippen LogP) is 0.239. The first-order valence-electron chi connectivity index (χ1n) is 7.44. The fourth-order valence-electron chi connectivity index (χ4n) is 3.45. The number of rotatable bonds is 5. The zero-order valence-corrected chi connectivity index (χ0v) is 15.9. The molecule has 3 N–H and O–H groups in total. The van der Waals surface area contributed by atoms with E-state index in [1.807, 2.05) is 0 Å². The van der Waals surface area contributed by atoms with Crippen molar-refractivity contribution in [2.45, 2.75) is 64.1 Å². The van der Waals surface area contributed by atoms with Gasteiger partial charge in [0.1, 0.15) is 11.2 Å². The van der Waals surface area contributed by atoms with E-state index in [0.29, 0.717) is 0 Å². The summed E-state index contributed by atoms with van der Waals surface area (Å²) in [6, 6.07) is 0. The van der Waals surface area contributed by atoms with Crippen LogP contribution in [0.15, 0.2) is 0 Å². The van der Waals surface area contributed by atoms with Gasteiger partial charge in [-0.2, -0.15) is 8.42 Å². The minimum absolute atomic E-state index is 0.391. The van der Waals surface area contributed by atoms with Crippen molar-refractivity contribution in [1.82, 2.24) is 5.32 Å². The number of carbonyl (C=O) groups excluding carboxylic acids is 1. The molecule has 1 amide bonds. The van der Waals surface area contributed by atoms with Crippen LogP contribution in [-0.4, -0.2) is 60.2 Å². The van der Waals surface area contributed by atoms with Crippen LogP contribution in [0.1, 0.15) is 41.5 Å². The Kier molecular flexibility index (Phi) is 5.48. The second-order valence-corrected chi connectivity index (χ2v) is 7.89. The molecule has 0 aliphatic carbocycles. The summed E-state index contributed by atoms with van der Waals surface area (Å²) in [5.41, 5.74) is -4.49. The standard InChI is InChI=1S/C14H27NO8S/c1-9-12(4,15-10(2)17)14(6,21-7)22-11(3,8-16)13(9,5)23-24(18,19)20/h9,16H,8H2,1-7H3,(H,15,17)(H,18,19,20)/t9-,11?,12?,13-,14-/m1/s1. The summed E-state index contributed by atoms with van der Waals surface area (Å²) in [6.07, 6.45) is 0. The van der Waals surface area contributed by atoms with Crippen molar-refractivity contribution in [3.05, 3.63) is 0 Å². The SMILES string of the molecule is CO[C@]1(C)OC(C)(CO)[C@](C)(OS(=O)(=O)O)[C@H](C)C1(C)NC(C)=O. The first kappa shape index (κ1) is 21.3. The lowest BCUT2D eigenvalue weighted by Crippen LogP contribution is -2.81. The molecule has 9 nitrogen and oxygen atoms in total. The number of nitrogens with one attached hydrogen (secondary N) is 1. The number of amides is 1. The van der Waals surface area contributed by atoms with Gasteiger partial charge < -0.3 is 19.9 Å². The Balaban J connectivity index is 3.63. The van der Waals surface area contributed by atoms with Crippen LogP contribution in [0.4, 0.5) is 0 Å². The summed E-state index contributed by atoms with van der Waals surface area (Å²) < 4.78 is 48.3. The fraction of sp³-hybridized carbons (Fsp3) is 0.929. The van der Waals surface area contributed by atoms with Crippen molar-refractivity contribution in [1.29, 1.82) is 0 Å². The third-order valence-corrected chi connectivity index (χ3v) is 6.07. The van der Waals surface area contributed by atoms with Gasteiger partial charge in [0.05, 0.1) is 12.1 Å². The quantitative estimate of drug-likeness (QED) is 0.587. The molecular weight excluding hydrogens is 342 g/mol. The molecule has 2 unspecified atom stereocenters. The number of methoxy groups -OCH3 is 1. The Bertz CT molecular complexity index is 610. The van der Waals surface area contributed by atoms with Gasteiger partial charge in [-0.25, -0.2) is 4.18 Å². The van der Waals surface area contributed by atoms with E-state index in [-0.39, 0.29) is 0 Å². The number of hydrogen-bond acceptors (Lipinski definition) is 7. The van der Waals surface area contributed by atoms with E-state index in [9.17, 15) is 22.9 Å². The number of aliphatic hydroxyl groups excluding tert-OH is 1. The van der Waals surface area contributed by atoms with Gasteiger partial charge in [-0.3, -0.25) is 9.35 Å². The van der Waals surface area contributed by atoms with Gasteiger partial charge in [0.15, 0.2) is 5.79 Å². The first-order chi connectivity index (χ1) is 10.6. The van der Waals surface area contributed by atoms with Crippen molar-refractivity contribution in [2.75, 3.05) is 13.7 Å². The van der Waals surface area contributed by atoms with Crippen LogP contribution in [0.5, 0.6) is 0 Å². The molecule has 24 heavy (non-hydrogen) atoms. The Morgan fingerprint density at radius 1 is 1.29 bits per heavy atom. The van der Waals surface area contributed by atoms with E-state index in [1.54, 1.807) is 20.8 Å². The highest BCUT2D eigenvalue weighted by molar-refractivity contribution is 7.80. The normalized spacial score (nSPS) is 43.5. The molecule has 1 aliphatic rings. The molecule has 0 radical (unpaired) electrons. The van der Waals surface area contributed by atoms with Crippen molar-refractivity contribution in [3.8, 4) is 0 Å². The lowest BCUT2D eigenvalue weighted by Gasteiger charge is -2.63. The highest BCUT2D eigenvalue weighted by Crippen LogP contribution is 2.53. The van der Waals surface area contributed by atoms with E-state index >= 15 is 0 Å². The highest BCUT2D eigenvalue weighted by atomic mass is 32.3. The van der Waals surface area contributed by atoms with Crippen LogP contribution in [0, 0.1) is 5.92 Å². The van der Waals surface area contributed by atoms with Crippen LogP contribution >= 0.6 is 0 Å². The van der Waals surface area contributed by atoms with Crippen molar-refractivity contribution >= 4 is 16.3 Å². The lowest BCUT2D eigenvalue weighted by molar-refractivity contribution is -0.384. The third kappa shape index (κ3) is 3.18. The van der Waals surface area contributed by atoms with Crippen molar-refractivity contribution in [2.24, 2.45) is 5.92 Å². The second-order valence-electron chi connectivity index (χ2n) is 6.86. The number of ether oxygens (including phenoxy) is 2. The second kappa shape index (κ2) is 6.19. The maximum Gasteiger partial charge on any atom is 0.397 e. The van der Waals surface area contributed by atoms with Gasteiger partial charge in [0.25, 0.3) is 0 Å². The summed E-state index contributed by atoms with van der Waals surface area (Å²) in [5.74, 6) is -2.55. The smallest absolute Gasteiger partial charge is 0.393 e. The number of carbonyl (C=O) groups is 1. The van der Waals surface area contributed by atoms with Crippen LogP contribution < -0.4 is 5.32 Å². The van der Waals surface area contributed by atoms with Crippen molar-refractivity contribution in [3.63, 3.8) is 0 Å². The molecule has 1 rings (SSSR count). The van der Waals surface area contributed by atoms with E-state index in [0.717, 1.165) is 0 Å². The summed E-state index contributed by atoms with van der Waals surface area (Å²) in [6.45, 7) is 8.32. The van der Waals surface area contributed by atoms with Crippen LogP contribution in [-0.2, 0) is 28.9 Å². The molecule has 0 spiro atoms. The minimum Gasteiger partial charge on any atom is -0.393 e. The van der Waals surface area contributed by atoms with Crippen molar-refractivity contribution < 1.29 is 36.5 Å². The summed E-state index contributed by atoms with van der Waals surface area (Å²) in [5, 5.41) is 12.6. The molecule has 0 bridgehead atoms. The number of hydrogen-bond donors (Lipinski definition) is 3. The third-order valence-electron chi connectivity index (χ3n) is 5.51. The number of aliphatic hydroxyl groups is 1. The summed E-state index contributed by atoms with van der Waals surface area (Å²) in [4.78, 5) is 11.7. The van der Waals surface area contributed by atoms with Gasteiger partial charge >= 0.3 is 10.4 Å². The molecule has 0 aromatic heterocycles. The van der Waals surface area contributed by atoms with Crippen LogP contribution in [0.25, 0.3) is 0 Å². The van der Waals surface area contributed by atoms with Gasteiger partial charge in [-0.1, -0.05) is 6.92 Å². The van der Waals surface area contributed by atoms with Gasteiger partial charge in [-0.05, 0) is 27.7 Å². The zero-order valence-electron chi connectivity index (χ0n) is 15.0. The Labute approximate surface area is 142 Å². The van der Waals surface area contributed by atoms with E-state index < -0.39 is 51.4 Å². The topological polar surface area (TPSA) is 131 Å². The monoisotopic (exact) mass is 369 g/mol. The molecule has 1 heterocycles. The molecule has 1 aliphatic heterocycles. The largest absolute Gasteiger partial charge is 0.397 e. The minimum atomic E-state index is -4.86. The maximum atomic E-state index is 11.7. The molecule has 1 fully saturated rings. The van der Waals surface area contributed by atoms with E-state index in [2.05, 4.69) is 5.32 Å². The highest BCUT2D eigenvalue weighted by Gasteiger charge is 2.70. The molecule has 142 valence electrons. The molecule has 0 saturated carbocycles. The average molecular weight is 369 g/mol. The molecular formula is C14H27NO8S. The summed E-state index contributed by atoms with van der Waals surface area (Å²) in [7, 11) is -3.49. The Morgan fingerprint density at radius 3 is 2.12 bits per heavy atom. The predicted molar refractivity (Wildman–Crippen MR) is 84.4 cm³/mol. The fourth-order valence-corrected chi connectivity index (χ4v) is 4.21.